The van der Waals surface area contributed by atoms with E-state index in [1.54, 1.807) is 20.8 Å². The van der Waals surface area contributed by atoms with E-state index in [2.05, 4.69) is 5.32 Å². The Hall–Kier alpha value is -1.87. The first kappa shape index (κ1) is 20.2. The Morgan fingerprint density at radius 3 is 2.33 bits per heavy atom. The second kappa shape index (κ2) is 7.35. The highest BCUT2D eigenvalue weighted by Gasteiger charge is 2.35. The van der Waals surface area contributed by atoms with E-state index in [0.29, 0.717) is 12.1 Å². The molecule has 9 heteroatoms. The van der Waals surface area contributed by atoms with Crippen molar-refractivity contribution in [2.75, 3.05) is 6.54 Å². The summed E-state index contributed by atoms with van der Waals surface area (Å²) in [5.41, 5.74) is -2.65. The maximum Gasteiger partial charge on any atom is 0.419 e. The summed E-state index contributed by atoms with van der Waals surface area (Å²) < 4.78 is 56.1. The molecule has 0 radical (unpaired) electrons. The van der Waals surface area contributed by atoms with Crippen molar-refractivity contribution in [3.8, 4) is 0 Å². The molecule has 5 nitrogen and oxygen atoms in total. The number of amides is 1. The molecule has 0 aliphatic carbocycles. The first-order valence-corrected chi connectivity index (χ1v) is 7.01. The van der Waals surface area contributed by atoms with Crippen LogP contribution in [0.25, 0.3) is 0 Å². The number of halogens is 4. The lowest BCUT2D eigenvalue weighted by molar-refractivity contribution is -0.140. The van der Waals surface area contributed by atoms with Gasteiger partial charge in [-0.2, -0.15) is 13.2 Å². The van der Waals surface area contributed by atoms with E-state index >= 15 is 0 Å². The van der Waals surface area contributed by atoms with Crippen LogP contribution in [0.15, 0.2) is 18.2 Å². The Bertz CT molecular complexity index is 584. The molecule has 0 aliphatic heterocycles. The molecule has 2 atom stereocenters. The highest BCUT2D eigenvalue weighted by atomic mass is 19.4. The minimum atomic E-state index is -4.93. The van der Waals surface area contributed by atoms with Crippen molar-refractivity contribution in [3.63, 3.8) is 0 Å². The SMILES string of the molecule is CC(C)(C)OC(=O)NCC(O)C(O)c1ccc(F)c(C(F)(F)F)c1. The molecule has 1 rings (SSSR count). The third-order valence-electron chi connectivity index (χ3n) is 2.86. The Morgan fingerprint density at radius 2 is 1.83 bits per heavy atom. The molecule has 0 fully saturated rings. The maximum atomic E-state index is 13.2. The van der Waals surface area contributed by atoms with Crippen LogP contribution in [0.5, 0.6) is 0 Å². The van der Waals surface area contributed by atoms with Gasteiger partial charge in [-0.1, -0.05) is 6.07 Å². The van der Waals surface area contributed by atoms with E-state index in [1.807, 2.05) is 0 Å². The fraction of sp³-hybridized carbons (Fsp3) is 0.533. The predicted octanol–water partition coefficient (Wildman–Crippen LogP) is 2.76. The number of benzene rings is 1. The minimum Gasteiger partial charge on any atom is -0.444 e. The van der Waals surface area contributed by atoms with Crippen LogP contribution >= 0.6 is 0 Å². The van der Waals surface area contributed by atoms with Gasteiger partial charge in [0.2, 0.25) is 0 Å². The summed E-state index contributed by atoms with van der Waals surface area (Å²) >= 11 is 0. The van der Waals surface area contributed by atoms with Gasteiger partial charge >= 0.3 is 12.3 Å². The fourth-order valence-electron chi connectivity index (χ4n) is 1.78. The van der Waals surface area contributed by atoms with E-state index < -0.39 is 48.0 Å². The van der Waals surface area contributed by atoms with Crippen LogP contribution in [0.1, 0.15) is 38.0 Å². The summed E-state index contributed by atoms with van der Waals surface area (Å²) in [6.07, 6.45) is -9.14. The first-order valence-electron chi connectivity index (χ1n) is 7.01. The largest absolute Gasteiger partial charge is 0.444 e. The number of alkyl carbamates (subject to hydrolysis) is 1. The van der Waals surface area contributed by atoms with E-state index in [9.17, 15) is 32.6 Å². The second-order valence-corrected chi connectivity index (χ2v) is 6.13. The molecule has 1 aromatic rings. The van der Waals surface area contributed by atoms with Crippen molar-refractivity contribution in [2.24, 2.45) is 0 Å². The van der Waals surface area contributed by atoms with Crippen LogP contribution in [0.4, 0.5) is 22.4 Å². The smallest absolute Gasteiger partial charge is 0.419 e. The number of carbonyl (C=O) groups excluding carboxylic acids is 1. The molecule has 0 spiro atoms. The van der Waals surface area contributed by atoms with Crippen LogP contribution in [-0.4, -0.2) is 34.6 Å². The standard InChI is InChI=1S/C15H19F4NO4/c1-14(2,3)24-13(23)20-7-11(21)12(22)8-4-5-10(16)9(6-8)15(17,18)19/h4-6,11-12,21-22H,7H2,1-3H3,(H,20,23). The van der Waals surface area contributed by atoms with E-state index in [4.69, 9.17) is 4.74 Å². The second-order valence-electron chi connectivity index (χ2n) is 6.13. The van der Waals surface area contributed by atoms with Gasteiger partial charge in [0.1, 0.15) is 23.6 Å². The zero-order chi connectivity index (χ0) is 18.7. The van der Waals surface area contributed by atoms with Crippen LogP contribution in [-0.2, 0) is 10.9 Å². The number of ether oxygens (including phenoxy) is 1. The Balaban J connectivity index is 2.76. The van der Waals surface area contributed by atoms with E-state index in [-0.39, 0.29) is 5.56 Å². The highest BCUT2D eigenvalue weighted by molar-refractivity contribution is 5.67. The molecule has 136 valence electrons. The molecule has 0 aromatic heterocycles. The molecule has 2 unspecified atom stereocenters. The van der Waals surface area contributed by atoms with Crippen molar-refractivity contribution in [3.05, 3.63) is 35.1 Å². The molecule has 24 heavy (non-hydrogen) atoms. The molecule has 3 N–H and O–H groups in total. The highest BCUT2D eigenvalue weighted by Crippen LogP contribution is 2.33. The molecule has 1 amide bonds. The number of aliphatic hydroxyl groups excluding tert-OH is 2. The van der Waals surface area contributed by atoms with Crippen LogP contribution in [0.3, 0.4) is 0 Å². The van der Waals surface area contributed by atoms with Crippen molar-refractivity contribution < 1.29 is 37.3 Å². The summed E-state index contributed by atoms with van der Waals surface area (Å²) in [6, 6.07) is 1.89. The monoisotopic (exact) mass is 353 g/mol. The summed E-state index contributed by atoms with van der Waals surface area (Å²) in [4.78, 5) is 11.4. The molecular weight excluding hydrogens is 334 g/mol. The lowest BCUT2D eigenvalue weighted by atomic mass is 10.0. The molecule has 0 saturated carbocycles. The third kappa shape index (κ3) is 5.97. The van der Waals surface area contributed by atoms with Crippen molar-refractivity contribution >= 4 is 6.09 Å². The van der Waals surface area contributed by atoms with Crippen LogP contribution in [0, 0.1) is 5.82 Å². The maximum absolute atomic E-state index is 13.2. The van der Waals surface area contributed by atoms with Gasteiger partial charge in [-0.25, -0.2) is 9.18 Å². The number of nitrogens with one attached hydrogen (secondary N) is 1. The molecule has 0 bridgehead atoms. The average molecular weight is 353 g/mol. The van der Waals surface area contributed by atoms with Gasteiger partial charge in [0.15, 0.2) is 0 Å². The van der Waals surface area contributed by atoms with Gasteiger partial charge in [0.05, 0.1) is 5.56 Å². The zero-order valence-corrected chi connectivity index (χ0v) is 13.3. The van der Waals surface area contributed by atoms with Crippen molar-refractivity contribution in [1.82, 2.24) is 5.32 Å². The van der Waals surface area contributed by atoms with Gasteiger partial charge in [-0.05, 0) is 38.5 Å². The molecule has 0 aliphatic rings. The summed E-state index contributed by atoms with van der Waals surface area (Å²) in [7, 11) is 0. The fourth-order valence-corrected chi connectivity index (χ4v) is 1.78. The van der Waals surface area contributed by atoms with Crippen molar-refractivity contribution in [2.45, 2.75) is 44.8 Å². The lowest BCUT2D eigenvalue weighted by Crippen LogP contribution is -2.38. The molecule has 0 saturated heterocycles. The number of carbonyl (C=O) groups is 1. The quantitative estimate of drug-likeness (QED) is 0.728. The normalized spacial score (nSPS) is 14.9. The van der Waals surface area contributed by atoms with Crippen molar-refractivity contribution in [1.29, 1.82) is 0 Å². The zero-order valence-electron chi connectivity index (χ0n) is 13.3. The number of aliphatic hydroxyl groups is 2. The summed E-state index contributed by atoms with van der Waals surface area (Å²) in [5, 5.41) is 21.8. The number of rotatable bonds is 4. The first-order chi connectivity index (χ1) is 10.8. The Morgan fingerprint density at radius 1 is 1.25 bits per heavy atom. The topological polar surface area (TPSA) is 78.8 Å². The average Bonchev–Trinajstić information content (AvgIpc) is 2.41. The van der Waals surface area contributed by atoms with E-state index in [1.165, 1.54) is 0 Å². The minimum absolute atomic E-state index is 0.331. The van der Waals surface area contributed by atoms with Gasteiger partial charge in [-0.15, -0.1) is 0 Å². The van der Waals surface area contributed by atoms with Crippen LogP contribution < -0.4 is 5.32 Å². The lowest BCUT2D eigenvalue weighted by Gasteiger charge is -2.22. The van der Waals surface area contributed by atoms with Gasteiger partial charge in [-0.3, -0.25) is 0 Å². The summed E-state index contributed by atoms with van der Waals surface area (Å²) in [6.45, 7) is 4.40. The van der Waals surface area contributed by atoms with E-state index in [0.717, 1.165) is 6.07 Å². The van der Waals surface area contributed by atoms with Gasteiger partial charge in [0.25, 0.3) is 0 Å². The Kier molecular flexibility index (Phi) is 6.18. The predicted molar refractivity (Wildman–Crippen MR) is 76.6 cm³/mol. The van der Waals surface area contributed by atoms with Gasteiger partial charge < -0.3 is 20.3 Å². The van der Waals surface area contributed by atoms with Gasteiger partial charge in [0, 0.05) is 6.54 Å². The number of alkyl halides is 3. The molecular formula is C15H19F4NO4. The Labute approximate surface area is 136 Å². The molecule has 1 aromatic carbocycles. The number of hydrogen-bond acceptors (Lipinski definition) is 4. The van der Waals surface area contributed by atoms with Crippen LogP contribution in [0.2, 0.25) is 0 Å². The molecule has 0 heterocycles. The third-order valence-corrected chi connectivity index (χ3v) is 2.86. The number of hydrogen-bond donors (Lipinski definition) is 3. The summed E-state index contributed by atoms with van der Waals surface area (Å²) in [5.74, 6) is -1.49.